The standard InChI is InChI=1S/C12H10N4O/c1-3-9-6-10(4-5-12(9)17-2)15-16-11(7-13)8-14/h3-6,15H,1H2,2H3. The molecule has 0 aliphatic carbocycles. The maximum atomic E-state index is 8.51. The van der Waals surface area contributed by atoms with Crippen LogP contribution in [0.4, 0.5) is 5.69 Å². The molecule has 0 saturated carbocycles. The number of nitrogens with one attached hydrogen (secondary N) is 1. The van der Waals surface area contributed by atoms with Crippen LogP contribution in [0, 0.1) is 22.7 Å². The lowest BCUT2D eigenvalue weighted by Crippen LogP contribution is -1.97. The summed E-state index contributed by atoms with van der Waals surface area (Å²) in [5.74, 6) is 0.690. The van der Waals surface area contributed by atoms with E-state index in [2.05, 4.69) is 17.1 Å². The molecule has 0 amide bonds. The largest absolute Gasteiger partial charge is 0.496 e. The molecule has 0 atom stereocenters. The minimum atomic E-state index is -0.235. The highest BCUT2D eigenvalue weighted by Crippen LogP contribution is 2.23. The highest BCUT2D eigenvalue weighted by Gasteiger charge is 2.01. The van der Waals surface area contributed by atoms with Crippen LogP contribution in [0.3, 0.4) is 0 Å². The van der Waals surface area contributed by atoms with Crippen molar-refractivity contribution in [2.24, 2.45) is 5.10 Å². The Balaban J connectivity index is 2.96. The number of rotatable bonds is 4. The van der Waals surface area contributed by atoms with E-state index in [0.29, 0.717) is 11.4 Å². The molecule has 84 valence electrons. The third kappa shape index (κ3) is 3.08. The molecule has 1 rings (SSSR count). The molecule has 0 saturated heterocycles. The molecular formula is C12H10N4O. The van der Waals surface area contributed by atoms with Crippen LogP contribution in [-0.2, 0) is 0 Å². The van der Waals surface area contributed by atoms with Crippen molar-refractivity contribution in [3.05, 3.63) is 30.3 Å². The van der Waals surface area contributed by atoms with Gasteiger partial charge in [-0.15, -0.1) is 0 Å². The quantitative estimate of drug-likeness (QED) is 0.630. The van der Waals surface area contributed by atoms with E-state index >= 15 is 0 Å². The van der Waals surface area contributed by atoms with Crippen LogP contribution in [0.2, 0.25) is 0 Å². The Bertz CT molecular complexity index is 518. The summed E-state index contributed by atoms with van der Waals surface area (Å²) in [7, 11) is 1.57. The second kappa shape index (κ2) is 5.94. The van der Waals surface area contributed by atoms with Crippen LogP contribution < -0.4 is 10.2 Å². The summed E-state index contributed by atoms with van der Waals surface area (Å²) in [4.78, 5) is 0. The van der Waals surface area contributed by atoms with Gasteiger partial charge in [-0.3, -0.25) is 5.43 Å². The molecule has 0 aliphatic heterocycles. The zero-order valence-electron chi connectivity index (χ0n) is 9.27. The van der Waals surface area contributed by atoms with Crippen molar-refractivity contribution in [3.63, 3.8) is 0 Å². The van der Waals surface area contributed by atoms with Crippen molar-refractivity contribution in [3.8, 4) is 17.9 Å². The Hall–Kier alpha value is -2.79. The van der Waals surface area contributed by atoms with E-state index in [0.717, 1.165) is 5.56 Å². The SMILES string of the molecule is C=Cc1cc(NN=C(C#N)C#N)ccc1OC. The summed E-state index contributed by atoms with van der Waals surface area (Å²) in [5, 5.41) is 20.6. The average Bonchev–Trinajstić information content (AvgIpc) is 2.39. The molecule has 5 nitrogen and oxygen atoms in total. The maximum Gasteiger partial charge on any atom is 0.237 e. The average molecular weight is 226 g/mol. The lowest BCUT2D eigenvalue weighted by molar-refractivity contribution is 0.414. The number of methoxy groups -OCH3 is 1. The molecule has 0 spiro atoms. The van der Waals surface area contributed by atoms with Crippen molar-refractivity contribution in [1.29, 1.82) is 10.5 Å². The van der Waals surface area contributed by atoms with Crippen LogP contribution >= 0.6 is 0 Å². The molecule has 1 N–H and O–H groups in total. The fraction of sp³-hybridized carbons (Fsp3) is 0.0833. The molecule has 1 aromatic carbocycles. The van der Waals surface area contributed by atoms with Gasteiger partial charge in [0.05, 0.1) is 12.8 Å². The minimum Gasteiger partial charge on any atom is -0.496 e. The monoisotopic (exact) mass is 226 g/mol. The molecule has 0 radical (unpaired) electrons. The predicted molar refractivity (Wildman–Crippen MR) is 65.4 cm³/mol. The second-order valence-corrected chi connectivity index (χ2v) is 2.96. The zero-order valence-corrected chi connectivity index (χ0v) is 9.27. The van der Waals surface area contributed by atoms with Gasteiger partial charge in [0.1, 0.15) is 17.9 Å². The Morgan fingerprint density at radius 1 is 1.47 bits per heavy atom. The summed E-state index contributed by atoms with van der Waals surface area (Å²) in [6.45, 7) is 3.66. The predicted octanol–water partition coefficient (Wildman–Crippen LogP) is 2.15. The number of hydrazone groups is 1. The van der Waals surface area contributed by atoms with E-state index in [1.54, 1.807) is 43.5 Å². The molecular weight excluding hydrogens is 216 g/mol. The first kappa shape index (κ1) is 12.3. The second-order valence-electron chi connectivity index (χ2n) is 2.96. The van der Waals surface area contributed by atoms with Gasteiger partial charge in [-0.1, -0.05) is 12.7 Å². The number of nitrogens with zero attached hydrogens (tertiary/aromatic N) is 3. The lowest BCUT2D eigenvalue weighted by atomic mass is 10.2. The third-order valence-electron chi connectivity index (χ3n) is 1.96. The molecule has 5 heteroatoms. The first-order valence-electron chi connectivity index (χ1n) is 4.69. The minimum absolute atomic E-state index is 0.235. The molecule has 0 heterocycles. The normalized spacial score (nSPS) is 8.41. The van der Waals surface area contributed by atoms with E-state index in [1.807, 2.05) is 0 Å². The van der Waals surface area contributed by atoms with Gasteiger partial charge in [0.15, 0.2) is 0 Å². The molecule has 0 bridgehead atoms. The summed E-state index contributed by atoms with van der Waals surface area (Å²) in [6.07, 6.45) is 1.64. The van der Waals surface area contributed by atoms with Crippen LogP contribution in [0.5, 0.6) is 5.75 Å². The Morgan fingerprint density at radius 3 is 2.71 bits per heavy atom. The lowest BCUT2D eigenvalue weighted by Gasteiger charge is -2.06. The fourth-order valence-corrected chi connectivity index (χ4v) is 1.16. The van der Waals surface area contributed by atoms with Crippen LogP contribution in [-0.4, -0.2) is 12.8 Å². The molecule has 0 aliphatic rings. The highest BCUT2D eigenvalue weighted by molar-refractivity contribution is 6.10. The van der Waals surface area contributed by atoms with Crippen LogP contribution in [0.25, 0.3) is 6.08 Å². The van der Waals surface area contributed by atoms with Gasteiger partial charge in [0.25, 0.3) is 0 Å². The van der Waals surface area contributed by atoms with E-state index in [9.17, 15) is 0 Å². The Kier molecular flexibility index (Phi) is 4.29. The number of ether oxygens (including phenoxy) is 1. The third-order valence-corrected chi connectivity index (χ3v) is 1.96. The molecule has 17 heavy (non-hydrogen) atoms. The van der Waals surface area contributed by atoms with Crippen molar-refractivity contribution in [1.82, 2.24) is 0 Å². The van der Waals surface area contributed by atoms with Gasteiger partial charge in [0.2, 0.25) is 5.71 Å². The van der Waals surface area contributed by atoms with E-state index in [4.69, 9.17) is 15.3 Å². The molecule has 0 aromatic heterocycles. The summed E-state index contributed by atoms with van der Waals surface area (Å²) >= 11 is 0. The van der Waals surface area contributed by atoms with Gasteiger partial charge >= 0.3 is 0 Å². The molecule has 0 fully saturated rings. The number of hydrogen-bond acceptors (Lipinski definition) is 5. The van der Waals surface area contributed by atoms with Gasteiger partial charge in [-0.2, -0.15) is 15.6 Å². The first-order valence-corrected chi connectivity index (χ1v) is 4.69. The van der Waals surface area contributed by atoms with Gasteiger partial charge in [0, 0.05) is 5.56 Å². The van der Waals surface area contributed by atoms with Crippen molar-refractivity contribution in [2.45, 2.75) is 0 Å². The zero-order chi connectivity index (χ0) is 12.7. The summed E-state index contributed by atoms with van der Waals surface area (Å²) < 4.78 is 5.12. The van der Waals surface area contributed by atoms with Gasteiger partial charge in [-0.05, 0) is 18.2 Å². The Labute approximate surface area is 99.2 Å². The number of anilines is 1. The molecule has 0 unspecified atom stereocenters. The molecule has 1 aromatic rings. The number of nitriles is 2. The van der Waals surface area contributed by atoms with E-state index in [-0.39, 0.29) is 5.71 Å². The van der Waals surface area contributed by atoms with Gasteiger partial charge < -0.3 is 4.74 Å². The van der Waals surface area contributed by atoms with Crippen molar-refractivity contribution >= 4 is 17.5 Å². The number of benzene rings is 1. The van der Waals surface area contributed by atoms with Crippen molar-refractivity contribution < 1.29 is 4.74 Å². The van der Waals surface area contributed by atoms with Crippen LogP contribution in [0.15, 0.2) is 29.9 Å². The topological polar surface area (TPSA) is 81.2 Å². The summed E-state index contributed by atoms with van der Waals surface area (Å²) in [6, 6.07) is 8.53. The van der Waals surface area contributed by atoms with E-state index in [1.165, 1.54) is 0 Å². The fourth-order valence-electron chi connectivity index (χ4n) is 1.16. The van der Waals surface area contributed by atoms with Crippen molar-refractivity contribution in [2.75, 3.05) is 12.5 Å². The summed E-state index contributed by atoms with van der Waals surface area (Å²) in [5.41, 5.74) is 3.81. The number of hydrogen-bond donors (Lipinski definition) is 1. The maximum absolute atomic E-state index is 8.51. The van der Waals surface area contributed by atoms with Crippen LogP contribution in [0.1, 0.15) is 5.56 Å². The Morgan fingerprint density at radius 2 is 2.18 bits per heavy atom. The van der Waals surface area contributed by atoms with E-state index < -0.39 is 0 Å². The smallest absolute Gasteiger partial charge is 0.237 e. The van der Waals surface area contributed by atoms with Gasteiger partial charge in [-0.25, -0.2) is 0 Å². The first-order chi connectivity index (χ1) is 8.24. The highest BCUT2D eigenvalue weighted by atomic mass is 16.5.